The number of nitrogens with zero attached hydrogens (tertiary/aromatic N) is 2. The van der Waals surface area contributed by atoms with Gasteiger partial charge in [0.25, 0.3) is 0 Å². The minimum absolute atomic E-state index is 0.232. The van der Waals surface area contributed by atoms with Gasteiger partial charge >= 0.3 is 0 Å². The molecular formula is C16H25N3O. The number of benzene rings is 1. The van der Waals surface area contributed by atoms with Crippen molar-refractivity contribution in [2.24, 2.45) is 10.7 Å². The van der Waals surface area contributed by atoms with Gasteiger partial charge in [0.1, 0.15) is 5.75 Å². The smallest absolute Gasteiger partial charge is 0.192 e. The van der Waals surface area contributed by atoms with E-state index in [4.69, 9.17) is 10.5 Å². The van der Waals surface area contributed by atoms with Gasteiger partial charge < -0.3 is 15.4 Å². The molecule has 1 heterocycles. The molecule has 20 heavy (non-hydrogen) atoms. The highest BCUT2D eigenvalue weighted by molar-refractivity contribution is 5.80. The zero-order chi connectivity index (χ0) is 14.5. The van der Waals surface area contributed by atoms with Crippen molar-refractivity contribution < 1.29 is 4.74 Å². The molecule has 0 fully saturated rings. The predicted molar refractivity (Wildman–Crippen MR) is 83.1 cm³/mol. The van der Waals surface area contributed by atoms with Crippen LogP contribution in [0.15, 0.2) is 29.3 Å². The molecule has 2 unspecified atom stereocenters. The second kappa shape index (κ2) is 6.64. The minimum atomic E-state index is 0.232. The first-order chi connectivity index (χ1) is 9.67. The molecule has 0 radical (unpaired) electrons. The van der Waals surface area contributed by atoms with Crippen molar-refractivity contribution in [3.63, 3.8) is 0 Å². The van der Waals surface area contributed by atoms with Crippen molar-refractivity contribution in [3.05, 3.63) is 29.8 Å². The summed E-state index contributed by atoms with van der Waals surface area (Å²) in [6.45, 7) is 7.96. The maximum Gasteiger partial charge on any atom is 0.192 e. The van der Waals surface area contributed by atoms with Crippen LogP contribution >= 0.6 is 0 Å². The Bertz CT molecular complexity index is 473. The Labute approximate surface area is 121 Å². The van der Waals surface area contributed by atoms with Gasteiger partial charge in [0.2, 0.25) is 0 Å². The van der Waals surface area contributed by atoms with Gasteiger partial charge in [0, 0.05) is 6.04 Å². The Morgan fingerprint density at radius 3 is 2.95 bits per heavy atom. The molecule has 1 aliphatic rings. The Kier molecular flexibility index (Phi) is 4.88. The Morgan fingerprint density at radius 1 is 1.45 bits per heavy atom. The molecule has 0 aliphatic carbocycles. The highest BCUT2D eigenvalue weighted by atomic mass is 16.5. The second-order valence-corrected chi connectivity index (χ2v) is 5.30. The van der Waals surface area contributed by atoms with Gasteiger partial charge in [0.15, 0.2) is 5.96 Å². The number of rotatable bonds is 6. The van der Waals surface area contributed by atoms with Gasteiger partial charge in [-0.2, -0.15) is 0 Å². The lowest BCUT2D eigenvalue weighted by atomic mass is 10.0. The number of hydrogen-bond donors (Lipinski definition) is 1. The molecule has 1 aromatic carbocycles. The number of hydrogen-bond acceptors (Lipinski definition) is 4. The quantitative estimate of drug-likeness (QED) is 0.868. The van der Waals surface area contributed by atoms with E-state index in [1.54, 1.807) is 0 Å². The third kappa shape index (κ3) is 3.06. The first-order valence-corrected chi connectivity index (χ1v) is 7.48. The molecule has 4 heteroatoms. The number of ether oxygens (including phenoxy) is 1. The zero-order valence-corrected chi connectivity index (χ0v) is 12.7. The van der Waals surface area contributed by atoms with Crippen LogP contribution in [0, 0.1) is 0 Å². The molecule has 1 aromatic rings. The van der Waals surface area contributed by atoms with Crippen LogP contribution in [0.2, 0.25) is 0 Å². The molecule has 0 aromatic heterocycles. The van der Waals surface area contributed by atoms with E-state index >= 15 is 0 Å². The standard InChI is InChI=1S/C16H25N3O/c1-4-9-20-14-8-6-7-13(10-14)15-11-18-16(17)19(15)12(3)5-2/h6-8,10,12,15H,4-5,9,11H2,1-3H3,(H2,17,18). The molecule has 1 aliphatic heterocycles. The first-order valence-electron chi connectivity index (χ1n) is 7.48. The lowest BCUT2D eigenvalue weighted by molar-refractivity contribution is 0.267. The summed E-state index contributed by atoms with van der Waals surface area (Å²) in [5.74, 6) is 1.59. The zero-order valence-electron chi connectivity index (χ0n) is 12.7. The fourth-order valence-electron chi connectivity index (χ4n) is 2.54. The van der Waals surface area contributed by atoms with E-state index in [0.29, 0.717) is 12.0 Å². The highest BCUT2D eigenvalue weighted by Gasteiger charge is 2.30. The first kappa shape index (κ1) is 14.7. The van der Waals surface area contributed by atoms with Crippen molar-refractivity contribution in [1.82, 2.24) is 4.90 Å². The molecule has 0 saturated heterocycles. The molecule has 0 amide bonds. The van der Waals surface area contributed by atoms with Crippen LogP contribution in [0.4, 0.5) is 0 Å². The summed E-state index contributed by atoms with van der Waals surface area (Å²) in [6, 6.07) is 8.92. The third-order valence-electron chi connectivity index (χ3n) is 3.81. The number of aliphatic imine (C=N–C) groups is 1. The molecule has 4 nitrogen and oxygen atoms in total. The lowest BCUT2D eigenvalue weighted by Gasteiger charge is -2.32. The molecule has 0 saturated carbocycles. The van der Waals surface area contributed by atoms with E-state index in [1.165, 1.54) is 5.56 Å². The van der Waals surface area contributed by atoms with Crippen LogP contribution in [-0.2, 0) is 0 Å². The molecule has 2 atom stereocenters. The number of nitrogens with two attached hydrogens (primary N) is 1. The fraction of sp³-hybridized carbons (Fsp3) is 0.562. The van der Waals surface area contributed by atoms with E-state index in [0.717, 1.165) is 31.7 Å². The summed E-state index contributed by atoms with van der Waals surface area (Å²) in [7, 11) is 0. The lowest BCUT2D eigenvalue weighted by Crippen LogP contribution is -2.42. The largest absolute Gasteiger partial charge is 0.494 e. The van der Waals surface area contributed by atoms with Gasteiger partial charge in [-0.25, -0.2) is 0 Å². The van der Waals surface area contributed by atoms with Crippen LogP contribution in [-0.4, -0.2) is 30.1 Å². The summed E-state index contributed by atoms with van der Waals surface area (Å²) in [5, 5.41) is 0. The van der Waals surface area contributed by atoms with E-state index in [9.17, 15) is 0 Å². The summed E-state index contributed by atoms with van der Waals surface area (Å²) in [6.07, 6.45) is 2.07. The number of guanidine groups is 1. The van der Waals surface area contributed by atoms with Gasteiger partial charge in [-0.3, -0.25) is 4.99 Å². The Balaban J connectivity index is 2.18. The predicted octanol–water partition coefficient (Wildman–Crippen LogP) is 2.95. The molecular weight excluding hydrogens is 250 g/mol. The van der Waals surface area contributed by atoms with Crippen LogP contribution in [0.3, 0.4) is 0 Å². The normalized spacial score (nSPS) is 19.9. The van der Waals surface area contributed by atoms with Crippen LogP contribution in [0.25, 0.3) is 0 Å². The topological polar surface area (TPSA) is 50.9 Å². The average Bonchev–Trinajstić information content (AvgIpc) is 2.86. The summed E-state index contributed by atoms with van der Waals surface area (Å²) >= 11 is 0. The van der Waals surface area contributed by atoms with Crippen molar-refractivity contribution >= 4 is 5.96 Å². The maximum atomic E-state index is 6.05. The van der Waals surface area contributed by atoms with Crippen molar-refractivity contribution in [2.75, 3.05) is 13.2 Å². The van der Waals surface area contributed by atoms with Gasteiger partial charge in [-0.05, 0) is 37.5 Å². The van der Waals surface area contributed by atoms with Crippen LogP contribution in [0.1, 0.15) is 45.2 Å². The van der Waals surface area contributed by atoms with E-state index in [1.807, 2.05) is 12.1 Å². The van der Waals surface area contributed by atoms with Crippen molar-refractivity contribution in [2.45, 2.75) is 45.7 Å². The molecule has 110 valence electrons. The van der Waals surface area contributed by atoms with E-state index in [-0.39, 0.29) is 6.04 Å². The van der Waals surface area contributed by atoms with Crippen molar-refractivity contribution in [1.29, 1.82) is 0 Å². The minimum Gasteiger partial charge on any atom is -0.494 e. The average molecular weight is 275 g/mol. The fourth-order valence-corrected chi connectivity index (χ4v) is 2.54. The molecule has 0 spiro atoms. The maximum absolute atomic E-state index is 6.05. The SMILES string of the molecule is CCCOc1cccc(C2CN=C(N)N2C(C)CC)c1. The Hall–Kier alpha value is -1.71. The second-order valence-electron chi connectivity index (χ2n) is 5.30. The highest BCUT2D eigenvalue weighted by Crippen LogP contribution is 2.30. The summed E-state index contributed by atoms with van der Waals surface area (Å²) in [5.41, 5.74) is 7.27. The van der Waals surface area contributed by atoms with E-state index < -0.39 is 0 Å². The summed E-state index contributed by atoms with van der Waals surface area (Å²) in [4.78, 5) is 6.64. The van der Waals surface area contributed by atoms with Crippen LogP contribution in [0.5, 0.6) is 5.75 Å². The third-order valence-corrected chi connectivity index (χ3v) is 3.81. The molecule has 0 bridgehead atoms. The van der Waals surface area contributed by atoms with E-state index in [2.05, 4.69) is 42.8 Å². The van der Waals surface area contributed by atoms with Gasteiger partial charge in [0.05, 0.1) is 19.2 Å². The summed E-state index contributed by atoms with van der Waals surface area (Å²) < 4.78 is 5.72. The Morgan fingerprint density at radius 2 is 2.25 bits per heavy atom. The monoisotopic (exact) mass is 275 g/mol. The van der Waals surface area contributed by atoms with Gasteiger partial charge in [-0.1, -0.05) is 26.0 Å². The van der Waals surface area contributed by atoms with Gasteiger partial charge in [-0.15, -0.1) is 0 Å². The van der Waals surface area contributed by atoms with Crippen LogP contribution < -0.4 is 10.5 Å². The van der Waals surface area contributed by atoms with Crippen molar-refractivity contribution in [3.8, 4) is 5.75 Å². The molecule has 2 N–H and O–H groups in total. The molecule has 2 rings (SSSR count).